The van der Waals surface area contributed by atoms with Crippen molar-refractivity contribution in [2.45, 2.75) is 26.5 Å². The van der Waals surface area contributed by atoms with E-state index in [1.54, 1.807) is 42.5 Å². The highest BCUT2D eigenvalue weighted by atomic mass is 16.5. The Hall–Kier alpha value is -3.60. The maximum atomic E-state index is 12.6. The molecular weight excluding hydrogens is 364 g/mol. The molecule has 0 unspecified atom stereocenters. The Morgan fingerprint density at radius 3 is 2.24 bits per heavy atom. The van der Waals surface area contributed by atoms with Crippen molar-refractivity contribution in [1.82, 2.24) is 5.32 Å². The number of ether oxygens (including phenoxy) is 1. The molecule has 0 heterocycles. The Kier molecular flexibility index (Phi) is 6.63. The van der Waals surface area contributed by atoms with Crippen molar-refractivity contribution >= 4 is 17.5 Å². The van der Waals surface area contributed by atoms with Crippen LogP contribution in [-0.4, -0.2) is 17.9 Å². The second-order valence-electron chi connectivity index (χ2n) is 6.90. The number of amides is 2. The standard InChI is InChI=1S/C24H24N2O3/c1-17(2)29-22-13-7-11-20(15-22)24(28)26-21-12-6-10-19(14-21)23(27)25-16-18-8-4-3-5-9-18/h3-15,17H,16H2,1-2H3,(H,25,27)(H,26,28). The van der Waals surface area contributed by atoms with Gasteiger partial charge in [0.1, 0.15) is 5.75 Å². The summed E-state index contributed by atoms with van der Waals surface area (Å²) in [7, 11) is 0. The first-order chi connectivity index (χ1) is 14.0. The lowest BCUT2D eigenvalue weighted by Gasteiger charge is -2.11. The molecule has 0 radical (unpaired) electrons. The second kappa shape index (κ2) is 9.55. The molecule has 2 N–H and O–H groups in total. The van der Waals surface area contributed by atoms with Gasteiger partial charge < -0.3 is 15.4 Å². The van der Waals surface area contributed by atoms with Gasteiger partial charge in [0.15, 0.2) is 0 Å². The van der Waals surface area contributed by atoms with Gasteiger partial charge in [0.05, 0.1) is 6.10 Å². The van der Waals surface area contributed by atoms with E-state index in [1.807, 2.05) is 50.2 Å². The van der Waals surface area contributed by atoms with Gasteiger partial charge in [0.2, 0.25) is 0 Å². The number of anilines is 1. The van der Waals surface area contributed by atoms with Crippen LogP contribution in [0.4, 0.5) is 5.69 Å². The number of hydrogen-bond acceptors (Lipinski definition) is 3. The van der Waals surface area contributed by atoms with E-state index in [4.69, 9.17) is 4.74 Å². The van der Waals surface area contributed by atoms with Gasteiger partial charge in [-0.25, -0.2) is 0 Å². The van der Waals surface area contributed by atoms with Gasteiger partial charge in [0, 0.05) is 23.4 Å². The molecule has 0 aliphatic heterocycles. The van der Waals surface area contributed by atoms with Crippen LogP contribution >= 0.6 is 0 Å². The van der Waals surface area contributed by atoms with Crippen molar-refractivity contribution in [3.8, 4) is 5.75 Å². The number of benzene rings is 3. The van der Waals surface area contributed by atoms with Gasteiger partial charge in [-0.15, -0.1) is 0 Å². The van der Waals surface area contributed by atoms with Crippen molar-refractivity contribution in [2.75, 3.05) is 5.32 Å². The highest BCUT2D eigenvalue weighted by Crippen LogP contribution is 2.17. The molecule has 0 saturated carbocycles. The predicted octanol–water partition coefficient (Wildman–Crippen LogP) is 4.66. The van der Waals surface area contributed by atoms with Crippen LogP contribution in [0.2, 0.25) is 0 Å². The molecule has 0 atom stereocenters. The number of carbonyl (C=O) groups is 2. The van der Waals surface area contributed by atoms with Crippen LogP contribution in [0.25, 0.3) is 0 Å². The van der Waals surface area contributed by atoms with Gasteiger partial charge in [-0.2, -0.15) is 0 Å². The molecule has 0 fully saturated rings. The lowest BCUT2D eigenvalue weighted by atomic mass is 10.1. The molecule has 0 aromatic heterocycles. The fourth-order valence-corrected chi connectivity index (χ4v) is 2.80. The second-order valence-corrected chi connectivity index (χ2v) is 6.90. The van der Waals surface area contributed by atoms with Crippen molar-refractivity contribution < 1.29 is 14.3 Å². The third-order valence-corrected chi connectivity index (χ3v) is 4.15. The Balaban J connectivity index is 1.64. The fourth-order valence-electron chi connectivity index (χ4n) is 2.80. The van der Waals surface area contributed by atoms with Crippen LogP contribution in [0, 0.1) is 0 Å². The molecule has 3 aromatic carbocycles. The monoisotopic (exact) mass is 388 g/mol. The number of carbonyl (C=O) groups excluding carboxylic acids is 2. The zero-order valence-corrected chi connectivity index (χ0v) is 16.5. The fraction of sp³-hybridized carbons (Fsp3) is 0.167. The topological polar surface area (TPSA) is 67.4 Å². The molecule has 0 aliphatic rings. The third-order valence-electron chi connectivity index (χ3n) is 4.15. The first-order valence-electron chi connectivity index (χ1n) is 9.51. The van der Waals surface area contributed by atoms with Gasteiger partial charge in [0.25, 0.3) is 11.8 Å². The molecule has 3 aromatic rings. The molecule has 0 bridgehead atoms. The third kappa shape index (κ3) is 5.94. The summed E-state index contributed by atoms with van der Waals surface area (Å²) < 4.78 is 5.64. The lowest BCUT2D eigenvalue weighted by Crippen LogP contribution is -2.23. The SMILES string of the molecule is CC(C)Oc1cccc(C(=O)Nc2cccc(C(=O)NCc3ccccc3)c2)c1. The Bertz CT molecular complexity index is 984. The number of rotatable bonds is 7. The van der Waals surface area contributed by atoms with Crippen LogP contribution in [-0.2, 0) is 6.54 Å². The van der Waals surface area contributed by atoms with E-state index in [-0.39, 0.29) is 17.9 Å². The summed E-state index contributed by atoms with van der Waals surface area (Å²) in [5, 5.41) is 5.72. The largest absolute Gasteiger partial charge is 0.491 e. The molecular formula is C24H24N2O3. The van der Waals surface area contributed by atoms with E-state index in [0.717, 1.165) is 5.56 Å². The van der Waals surface area contributed by atoms with E-state index in [1.165, 1.54) is 0 Å². The van der Waals surface area contributed by atoms with Gasteiger partial charge >= 0.3 is 0 Å². The molecule has 0 aliphatic carbocycles. The minimum atomic E-state index is -0.263. The van der Waals surface area contributed by atoms with E-state index in [2.05, 4.69) is 10.6 Å². The summed E-state index contributed by atoms with van der Waals surface area (Å²) >= 11 is 0. The highest BCUT2D eigenvalue weighted by Gasteiger charge is 2.10. The van der Waals surface area contributed by atoms with Crippen molar-refractivity contribution in [3.63, 3.8) is 0 Å². The molecule has 0 spiro atoms. The maximum Gasteiger partial charge on any atom is 0.255 e. The van der Waals surface area contributed by atoms with Crippen LogP contribution in [0.1, 0.15) is 40.1 Å². The zero-order valence-electron chi connectivity index (χ0n) is 16.5. The Morgan fingerprint density at radius 2 is 1.52 bits per heavy atom. The minimum absolute atomic E-state index is 0.0272. The van der Waals surface area contributed by atoms with Crippen molar-refractivity contribution in [1.29, 1.82) is 0 Å². The first kappa shape index (κ1) is 20.1. The van der Waals surface area contributed by atoms with E-state index < -0.39 is 0 Å². The molecule has 29 heavy (non-hydrogen) atoms. The molecule has 2 amide bonds. The summed E-state index contributed by atoms with van der Waals surface area (Å²) in [5.74, 6) is 0.181. The normalized spacial score (nSPS) is 10.4. The Morgan fingerprint density at radius 1 is 0.828 bits per heavy atom. The average molecular weight is 388 g/mol. The molecule has 148 valence electrons. The smallest absolute Gasteiger partial charge is 0.255 e. The Labute approximate surface area is 170 Å². The van der Waals surface area contributed by atoms with Crippen LogP contribution < -0.4 is 15.4 Å². The molecule has 0 saturated heterocycles. The summed E-state index contributed by atoms with van der Waals surface area (Å²) in [6.45, 7) is 4.31. The maximum absolute atomic E-state index is 12.6. The van der Waals surface area contributed by atoms with Gasteiger partial charge in [-0.3, -0.25) is 9.59 Å². The van der Waals surface area contributed by atoms with Crippen LogP contribution in [0.3, 0.4) is 0 Å². The summed E-state index contributed by atoms with van der Waals surface area (Å²) in [4.78, 5) is 25.0. The zero-order chi connectivity index (χ0) is 20.6. The average Bonchev–Trinajstić information content (AvgIpc) is 2.72. The first-order valence-corrected chi connectivity index (χ1v) is 9.51. The van der Waals surface area contributed by atoms with Crippen molar-refractivity contribution in [2.24, 2.45) is 0 Å². The summed E-state index contributed by atoms with van der Waals surface area (Å²) in [6, 6.07) is 23.6. The summed E-state index contributed by atoms with van der Waals surface area (Å²) in [5.41, 5.74) is 2.55. The van der Waals surface area contributed by atoms with E-state index >= 15 is 0 Å². The van der Waals surface area contributed by atoms with Crippen molar-refractivity contribution in [3.05, 3.63) is 95.6 Å². The molecule has 3 rings (SSSR count). The van der Waals surface area contributed by atoms with E-state index in [9.17, 15) is 9.59 Å². The van der Waals surface area contributed by atoms with Gasteiger partial charge in [-0.05, 0) is 55.8 Å². The van der Waals surface area contributed by atoms with Crippen LogP contribution in [0.15, 0.2) is 78.9 Å². The molecule has 5 nitrogen and oxygen atoms in total. The van der Waals surface area contributed by atoms with Gasteiger partial charge in [-0.1, -0.05) is 42.5 Å². The van der Waals surface area contributed by atoms with Crippen LogP contribution in [0.5, 0.6) is 5.75 Å². The highest BCUT2D eigenvalue weighted by molar-refractivity contribution is 6.05. The lowest BCUT2D eigenvalue weighted by molar-refractivity contribution is 0.0949. The van der Waals surface area contributed by atoms with E-state index in [0.29, 0.717) is 29.1 Å². The number of nitrogens with one attached hydrogen (secondary N) is 2. The quantitative estimate of drug-likeness (QED) is 0.619. The summed E-state index contributed by atoms with van der Waals surface area (Å²) in [6.07, 6.45) is 0.0272. The predicted molar refractivity (Wildman–Crippen MR) is 114 cm³/mol. The number of hydrogen-bond donors (Lipinski definition) is 2. The minimum Gasteiger partial charge on any atom is -0.491 e. The molecule has 5 heteroatoms.